The molecule has 1 aromatic carbocycles. The van der Waals surface area contributed by atoms with Crippen LogP contribution in [0.3, 0.4) is 0 Å². The van der Waals surface area contributed by atoms with Crippen molar-refractivity contribution in [3.63, 3.8) is 0 Å². The van der Waals surface area contributed by atoms with E-state index in [1.54, 1.807) is 17.6 Å². The van der Waals surface area contributed by atoms with Crippen molar-refractivity contribution in [1.82, 2.24) is 4.90 Å². The monoisotopic (exact) mass is 369 g/mol. The van der Waals surface area contributed by atoms with Gasteiger partial charge in [-0.05, 0) is 48.6 Å². The molecule has 5 heteroatoms. The average Bonchev–Trinajstić information content (AvgIpc) is 3.33. The number of nitrogens with zero attached hydrogens (tertiary/aromatic N) is 1. The molecule has 0 unspecified atom stereocenters. The molecule has 0 atom stereocenters. The van der Waals surface area contributed by atoms with Crippen molar-refractivity contribution >= 4 is 17.2 Å². The van der Waals surface area contributed by atoms with Crippen molar-refractivity contribution in [2.45, 2.75) is 32.9 Å². The van der Waals surface area contributed by atoms with Crippen molar-refractivity contribution in [2.24, 2.45) is 0 Å². The molecule has 4 nitrogen and oxygen atoms in total. The third-order valence-electron chi connectivity index (χ3n) is 4.09. The number of thiophene rings is 1. The molecule has 1 amide bonds. The van der Waals surface area contributed by atoms with Crippen LogP contribution in [0, 0.1) is 6.92 Å². The Bertz CT molecular complexity index is 760. The summed E-state index contributed by atoms with van der Waals surface area (Å²) in [7, 11) is 0. The third-order valence-corrected chi connectivity index (χ3v) is 4.95. The third kappa shape index (κ3) is 5.23. The molecule has 2 heterocycles. The Balaban J connectivity index is 1.52. The van der Waals surface area contributed by atoms with Crippen LogP contribution in [0.15, 0.2) is 64.6 Å². The molecule has 0 aliphatic heterocycles. The van der Waals surface area contributed by atoms with Crippen molar-refractivity contribution < 1.29 is 13.9 Å². The number of aryl methyl sites for hydroxylation is 1. The Morgan fingerprint density at radius 3 is 2.73 bits per heavy atom. The Morgan fingerprint density at radius 1 is 1.12 bits per heavy atom. The van der Waals surface area contributed by atoms with E-state index in [0.29, 0.717) is 32.5 Å². The summed E-state index contributed by atoms with van der Waals surface area (Å²) in [5.41, 5.74) is 1.11. The van der Waals surface area contributed by atoms with E-state index >= 15 is 0 Å². The molecule has 0 fully saturated rings. The first-order chi connectivity index (χ1) is 12.7. The number of rotatable bonds is 9. The lowest BCUT2D eigenvalue weighted by atomic mass is 10.2. The topological polar surface area (TPSA) is 42.7 Å². The maximum Gasteiger partial charge on any atom is 0.223 e. The van der Waals surface area contributed by atoms with Gasteiger partial charge in [0.25, 0.3) is 0 Å². The van der Waals surface area contributed by atoms with Gasteiger partial charge in [-0.1, -0.05) is 24.3 Å². The summed E-state index contributed by atoms with van der Waals surface area (Å²) in [5.74, 6) is 1.79. The smallest absolute Gasteiger partial charge is 0.223 e. The van der Waals surface area contributed by atoms with Crippen LogP contribution >= 0.6 is 11.3 Å². The van der Waals surface area contributed by atoms with Crippen LogP contribution in [0.4, 0.5) is 0 Å². The number of ether oxygens (including phenoxy) is 1. The molecular formula is C21H23NO3S. The van der Waals surface area contributed by atoms with Gasteiger partial charge in [0.2, 0.25) is 5.91 Å². The Labute approximate surface area is 158 Å². The molecule has 0 saturated carbocycles. The maximum absolute atomic E-state index is 12.7. The number of carbonyl (C=O) groups excluding carboxylic acids is 1. The number of benzene rings is 1. The molecule has 26 heavy (non-hydrogen) atoms. The van der Waals surface area contributed by atoms with E-state index in [1.165, 1.54) is 4.88 Å². The lowest BCUT2D eigenvalue weighted by Crippen LogP contribution is -2.29. The van der Waals surface area contributed by atoms with E-state index < -0.39 is 0 Å². The molecule has 3 aromatic rings. The summed E-state index contributed by atoms with van der Waals surface area (Å²) in [6.07, 6.45) is 2.78. The first kappa shape index (κ1) is 18.3. The van der Waals surface area contributed by atoms with Gasteiger partial charge in [0.1, 0.15) is 11.5 Å². The zero-order chi connectivity index (χ0) is 18.2. The van der Waals surface area contributed by atoms with Crippen LogP contribution in [0.1, 0.15) is 29.0 Å². The highest BCUT2D eigenvalue weighted by Crippen LogP contribution is 2.18. The number of hydrogen-bond acceptors (Lipinski definition) is 4. The molecule has 0 saturated heterocycles. The fourth-order valence-corrected chi connectivity index (χ4v) is 3.42. The summed E-state index contributed by atoms with van der Waals surface area (Å²) >= 11 is 1.66. The molecule has 0 N–H and O–H groups in total. The summed E-state index contributed by atoms with van der Waals surface area (Å²) in [5, 5.41) is 2.03. The van der Waals surface area contributed by atoms with Gasteiger partial charge in [0.05, 0.1) is 26.0 Å². The van der Waals surface area contributed by atoms with Gasteiger partial charge < -0.3 is 14.1 Å². The number of furan rings is 1. The summed E-state index contributed by atoms with van der Waals surface area (Å²) in [6, 6.07) is 15.7. The van der Waals surface area contributed by atoms with Crippen LogP contribution in [0.2, 0.25) is 0 Å². The van der Waals surface area contributed by atoms with Crippen molar-refractivity contribution in [1.29, 1.82) is 0 Å². The van der Waals surface area contributed by atoms with Crippen LogP contribution in [0.25, 0.3) is 0 Å². The minimum Gasteiger partial charge on any atom is -0.493 e. The molecular weight excluding hydrogens is 346 g/mol. The number of amides is 1. The molecule has 0 bridgehead atoms. The lowest BCUT2D eigenvalue weighted by molar-refractivity contribution is -0.132. The molecule has 2 aromatic heterocycles. The first-order valence-electron chi connectivity index (χ1n) is 8.73. The summed E-state index contributed by atoms with van der Waals surface area (Å²) < 4.78 is 11.2. The van der Waals surface area contributed by atoms with Crippen molar-refractivity contribution in [3.8, 4) is 5.75 Å². The first-order valence-corrected chi connectivity index (χ1v) is 9.61. The summed E-state index contributed by atoms with van der Waals surface area (Å²) in [6.45, 7) is 3.65. The van der Waals surface area contributed by atoms with Crippen LogP contribution < -0.4 is 4.74 Å². The molecule has 0 aliphatic rings. The minimum atomic E-state index is 0.114. The van der Waals surface area contributed by atoms with E-state index in [-0.39, 0.29) is 5.91 Å². The zero-order valence-electron chi connectivity index (χ0n) is 14.9. The van der Waals surface area contributed by atoms with E-state index in [1.807, 2.05) is 65.7 Å². The molecule has 0 spiro atoms. The highest BCUT2D eigenvalue weighted by Gasteiger charge is 2.16. The van der Waals surface area contributed by atoms with Crippen molar-refractivity contribution in [2.75, 3.05) is 6.61 Å². The van der Waals surface area contributed by atoms with Gasteiger partial charge in [-0.25, -0.2) is 0 Å². The lowest BCUT2D eigenvalue weighted by Gasteiger charge is -2.21. The number of carbonyl (C=O) groups is 1. The number of hydrogen-bond donors (Lipinski definition) is 0. The van der Waals surface area contributed by atoms with Crippen molar-refractivity contribution in [3.05, 3.63) is 76.4 Å². The predicted octanol–water partition coefficient (Wildman–Crippen LogP) is 5.04. The minimum absolute atomic E-state index is 0.114. The highest BCUT2D eigenvalue weighted by atomic mass is 32.1. The fraction of sp³-hybridized carbons (Fsp3) is 0.286. The normalized spacial score (nSPS) is 10.7. The Kier molecular flexibility index (Phi) is 6.50. The van der Waals surface area contributed by atoms with Gasteiger partial charge >= 0.3 is 0 Å². The fourth-order valence-electron chi connectivity index (χ4n) is 2.70. The molecule has 0 aliphatic carbocycles. The van der Waals surface area contributed by atoms with E-state index in [2.05, 4.69) is 0 Å². The van der Waals surface area contributed by atoms with E-state index in [9.17, 15) is 4.79 Å². The summed E-state index contributed by atoms with van der Waals surface area (Å²) in [4.78, 5) is 15.7. The van der Waals surface area contributed by atoms with Gasteiger partial charge in [-0.15, -0.1) is 11.3 Å². The maximum atomic E-state index is 12.7. The second kappa shape index (κ2) is 9.25. The second-order valence-corrected chi connectivity index (χ2v) is 7.16. The quantitative estimate of drug-likeness (QED) is 0.496. The van der Waals surface area contributed by atoms with Gasteiger partial charge in [0.15, 0.2) is 0 Å². The Hall–Kier alpha value is -2.53. The van der Waals surface area contributed by atoms with Gasteiger partial charge in [-0.3, -0.25) is 4.79 Å². The van der Waals surface area contributed by atoms with Gasteiger partial charge in [-0.2, -0.15) is 0 Å². The molecule has 136 valence electrons. The Morgan fingerprint density at radius 2 is 2.00 bits per heavy atom. The SMILES string of the molecule is Cc1ccccc1OCCCC(=O)N(Cc1ccco1)Cc1cccs1. The van der Waals surface area contributed by atoms with E-state index in [4.69, 9.17) is 9.15 Å². The average molecular weight is 369 g/mol. The second-order valence-electron chi connectivity index (χ2n) is 6.13. The van der Waals surface area contributed by atoms with Crippen LogP contribution in [-0.4, -0.2) is 17.4 Å². The molecule has 3 rings (SSSR count). The predicted molar refractivity (Wildman–Crippen MR) is 103 cm³/mol. The van der Waals surface area contributed by atoms with E-state index in [0.717, 1.165) is 17.1 Å². The van der Waals surface area contributed by atoms with Gasteiger partial charge in [0, 0.05) is 11.3 Å². The van der Waals surface area contributed by atoms with Crippen LogP contribution in [-0.2, 0) is 17.9 Å². The molecule has 0 radical (unpaired) electrons. The van der Waals surface area contributed by atoms with Crippen LogP contribution in [0.5, 0.6) is 5.75 Å². The highest BCUT2D eigenvalue weighted by molar-refractivity contribution is 7.09. The zero-order valence-corrected chi connectivity index (χ0v) is 15.7. The standard InChI is InChI=1S/C21H23NO3S/c1-17-7-2-3-10-20(17)25-13-5-11-21(23)22(15-18-8-4-12-24-18)16-19-9-6-14-26-19/h2-4,6-10,12,14H,5,11,13,15-16H2,1H3. The largest absolute Gasteiger partial charge is 0.493 e. The number of para-hydroxylation sites is 1.